The molecular weight excluding hydrogens is 274 g/mol. The summed E-state index contributed by atoms with van der Waals surface area (Å²) in [6.07, 6.45) is 3.25. The fraction of sp³-hybridized carbons (Fsp3) is 0.600. The first-order valence-corrected chi connectivity index (χ1v) is 7.79. The van der Waals surface area contributed by atoms with E-state index in [1.165, 1.54) is 23.3 Å². The lowest BCUT2D eigenvalue weighted by molar-refractivity contribution is -0.142. The average Bonchev–Trinajstić information content (AvgIpc) is 2.78. The van der Waals surface area contributed by atoms with E-state index < -0.39 is 0 Å². The topological polar surface area (TPSA) is 46.6 Å². The summed E-state index contributed by atoms with van der Waals surface area (Å²) >= 11 is 1.54. The van der Waals surface area contributed by atoms with Crippen molar-refractivity contribution in [1.29, 1.82) is 0 Å². The van der Waals surface area contributed by atoms with Crippen LogP contribution in [0.25, 0.3) is 0 Å². The fourth-order valence-electron chi connectivity index (χ4n) is 2.58. The lowest BCUT2D eigenvalue weighted by atomic mass is 9.99. The van der Waals surface area contributed by atoms with Crippen molar-refractivity contribution in [3.8, 4) is 0 Å². The molecular formula is C15H21NO3S. The summed E-state index contributed by atoms with van der Waals surface area (Å²) in [5.74, 6) is -0.187. The maximum absolute atomic E-state index is 12.6. The predicted octanol–water partition coefficient (Wildman–Crippen LogP) is 2.92. The van der Waals surface area contributed by atoms with Gasteiger partial charge in [0, 0.05) is 17.5 Å². The zero-order valence-electron chi connectivity index (χ0n) is 12.3. The Morgan fingerprint density at radius 1 is 1.40 bits per heavy atom. The molecule has 0 spiro atoms. The molecule has 4 nitrogen and oxygen atoms in total. The van der Waals surface area contributed by atoms with Crippen LogP contribution in [0.4, 0.5) is 0 Å². The molecule has 1 aliphatic heterocycles. The number of nitrogens with zero attached hydrogens (tertiary/aromatic N) is 1. The summed E-state index contributed by atoms with van der Waals surface area (Å²) in [6.45, 7) is 4.78. The minimum absolute atomic E-state index is 0.0218. The number of ether oxygens (including phenoxy) is 1. The molecule has 1 aromatic heterocycles. The number of aryl methyl sites for hydroxylation is 2. The highest BCUT2D eigenvalue weighted by atomic mass is 32.1. The van der Waals surface area contributed by atoms with E-state index in [0.29, 0.717) is 6.42 Å². The van der Waals surface area contributed by atoms with Crippen molar-refractivity contribution in [3.05, 3.63) is 21.4 Å². The van der Waals surface area contributed by atoms with E-state index in [1.54, 1.807) is 0 Å². The molecule has 1 fully saturated rings. The van der Waals surface area contributed by atoms with Crippen molar-refractivity contribution in [2.75, 3.05) is 13.7 Å². The summed E-state index contributed by atoms with van der Waals surface area (Å²) in [7, 11) is 1.39. The van der Waals surface area contributed by atoms with Gasteiger partial charge in [-0.3, -0.25) is 9.59 Å². The van der Waals surface area contributed by atoms with Gasteiger partial charge in [-0.1, -0.05) is 0 Å². The Morgan fingerprint density at radius 3 is 2.75 bits per heavy atom. The van der Waals surface area contributed by atoms with Gasteiger partial charge in [0.05, 0.1) is 18.4 Å². The summed E-state index contributed by atoms with van der Waals surface area (Å²) in [5.41, 5.74) is 1.15. The maximum Gasteiger partial charge on any atom is 0.307 e. The van der Waals surface area contributed by atoms with Crippen LogP contribution in [0.2, 0.25) is 0 Å². The lowest BCUT2D eigenvalue weighted by Gasteiger charge is -2.35. The standard InChI is InChI=1S/C15H21NO3S/c1-10-8-13(20-11(10)2)15(18)16-7-5-4-6-12(16)9-14(17)19-3/h8,12H,4-7,9H2,1-3H3. The van der Waals surface area contributed by atoms with Crippen LogP contribution in [0.3, 0.4) is 0 Å². The molecule has 0 radical (unpaired) electrons. The Bertz CT molecular complexity index is 490. The van der Waals surface area contributed by atoms with Gasteiger partial charge in [-0.05, 0) is 44.7 Å². The Labute approximate surface area is 123 Å². The molecule has 0 saturated carbocycles. The van der Waals surface area contributed by atoms with Gasteiger partial charge in [-0.15, -0.1) is 11.3 Å². The molecule has 1 saturated heterocycles. The largest absolute Gasteiger partial charge is 0.469 e. The quantitative estimate of drug-likeness (QED) is 0.806. The second kappa shape index (κ2) is 6.39. The third-order valence-corrected chi connectivity index (χ3v) is 5.04. The van der Waals surface area contributed by atoms with Crippen LogP contribution in [0.15, 0.2) is 6.07 Å². The Balaban J connectivity index is 2.14. The molecule has 0 N–H and O–H groups in total. The molecule has 2 heterocycles. The van der Waals surface area contributed by atoms with Crippen LogP contribution < -0.4 is 0 Å². The first kappa shape index (κ1) is 15.0. The number of piperidine rings is 1. The Kier molecular flexibility index (Phi) is 4.81. The van der Waals surface area contributed by atoms with Crippen LogP contribution in [-0.4, -0.2) is 36.5 Å². The van der Waals surface area contributed by atoms with Crippen LogP contribution in [0, 0.1) is 13.8 Å². The average molecular weight is 295 g/mol. The third-order valence-electron chi connectivity index (χ3n) is 3.89. The van der Waals surface area contributed by atoms with Gasteiger partial charge in [0.1, 0.15) is 0 Å². The zero-order chi connectivity index (χ0) is 14.7. The van der Waals surface area contributed by atoms with Crippen molar-refractivity contribution in [2.45, 2.75) is 45.6 Å². The predicted molar refractivity (Wildman–Crippen MR) is 79.1 cm³/mol. The van der Waals surface area contributed by atoms with E-state index in [9.17, 15) is 9.59 Å². The van der Waals surface area contributed by atoms with Gasteiger partial charge >= 0.3 is 5.97 Å². The number of hydrogen-bond acceptors (Lipinski definition) is 4. The highest BCUT2D eigenvalue weighted by molar-refractivity contribution is 7.14. The molecule has 5 heteroatoms. The molecule has 1 amide bonds. The van der Waals surface area contributed by atoms with Crippen molar-refractivity contribution >= 4 is 23.2 Å². The number of likely N-dealkylation sites (tertiary alicyclic amines) is 1. The molecule has 1 atom stereocenters. The number of hydrogen-bond donors (Lipinski definition) is 0. The number of carbonyl (C=O) groups is 2. The third kappa shape index (κ3) is 3.20. The molecule has 1 aromatic rings. The van der Waals surface area contributed by atoms with Crippen molar-refractivity contribution in [2.24, 2.45) is 0 Å². The molecule has 0 bridgehead atoms. The van der Waals surface area contributed by atoms with Crippen LogP contribution in [0.5, 0.6) is 0 Å². The molecule has 2 rings (SSSR count). The SMILES string of the molecule is COC(=O)CC1CCCCN1C(=O)c1cc(C)c(C)s1. The normalized spacial score (nSPS) is 18.9. The first-order chi connectivity index (χ1) is 9.52. The van der Waals surface area contributed by atoms with Gasteiger partial charge in [-0.25, -0.2) is 0 Å². The zero-order valence-corrected chi connectivity index (χ0v) is 13.1. The van der Waals surface area contributed by atoms with Crippen molar-refractivity contribution in [3.63, 3.8) is 0 Å². The first-order valence-electron chi connectivity index (χ1n) is 6.97. The summed E-state index contributed by atoms with van der Waals surface area (Å²) in [4.78, 5) is 27.9. The summed E-state index contributed by atoms with van der Waals surface area (Å²) < 4.78 is 4.74. The van der Waals surface area contributed by atoms with Gasteiger partial charge in [-0.2, -0.15) is 0 Å². The number of methoxy groups -OCH3 is 1. The van der Waals surface area contributed by atoms with E-state index in [-0.39, 0.29) is 17.9 Å². The van der Waals surface area contributed by atoms with Crippen LogP contribution >= 0.6 is 11.3 Å². The highest BCUT2D eigenvalue weighted by Gasteiger charge is 2.30. The van der Waals surface area contributed by atoms with E-state index in [0.717, 1.165) is 36.2 Å². The van der Waals surface area contributed by atoms with E-state index in [2.05, 4.69) is 0 Å². The van der Waals surface area contributed by atoms with E-state index in [1.807, 2.05) is 24.8 Å². The van der Waals surface area contributed by atoms with Gasteiger partial charge < -0.3 is 9.64 Å². The second-order valence-electron chi connectivity index (χ2n) is 5.28. The summed E-state index contributed by atoms with van der Waals surface area (Å²) in [6, 6.07) is 1.93. The molecule has 0 aromatic carbocycles. The monoisotopic (exact) mass is 295 g/mol. The summed E-state index contributed by atoms with van der Waals surface area (Å²) in [5, 5.41) is 0. The smallest absolute Gasteiger partial charge is 0.307 e. The minimum atomic E-state index is -0.242. The molecule has 1 unspecified atom stereocenters. The lowest BCUT2D eigenvalue weighted by Crippen LogP contribution is -2.44. The molecule has 110 valence electrons. The van der Waals surface area contributed by atoms with E-state index in [4.69, 9.17) is 4.74 Å². The van der Waals surface area contributed by atoms with Crippen molar-refractivity contribution < 1.29 is 14.3 Å². The van der Waals surface area contributed by atoms with Gasteiger partial charge in [0.25, 0.3) is 5.91 Å². The van der Waals surface area contributed by atoms with E-state index >= 15 is 0 Å². The fourth-order valence-corrected chi connectivity index (χ4v) is 3.57. The van der Waals surface area contributed by atoms with Crippen molar-refractivity contribution in [1.82, 2.24) is 4.90 Å². The molecule has 0 aliphatic carbocycles. The van der Waals surface area contributed by atoms with Crippen LogP contribution in [-0.2, 0) is 9.53 Å². The Hall–Kier alpha value is -1.36. The molecule has 1 aliphatic rings. The van der Waals surface area contributed by atoms with Gasteiger partial charge in [0.15, 0.2) is 0 Å². The van der Waals surface area contributed by atoms with Crippen LogP contribution in [0.1, 0.15) is 45.8 Å². The molecule has 20 heavy (non-hydrogen) atoms. The Morgan fingerprint density at radius 2 is 2.15 bits per heavy atom. The number of esters is 1. The number of thiophene rings is 1. The number of amides is 1. The highest BCUT2D eigenvalue weighted by Crippen LogP contribution is 2.27. The second-order valence-corrected chi connectivity index (χ2v) is 6.53. The minimum Gasteiger partial charge on any atom is -0.469 e. The maximum atomic E-state index is 12.6. The number of rotatable bonds is 3. The van der Waals surface area contributed by atoms with Gasteiger partial charge in [0.2, 0.25) is 0 Å². The number of carbonyl (C=O) groups excluding carboxylic acids is 2.